The summed E-state index contributed by atoms with van der Waals surface area (Å²) in [6, 6.07) is 6.26. The molecule has 0 spiro atoms. The van der Waals surface area contributed by atoms with E-state index in [4.69, 9.17) is 9.72 Å². The maximum atomic E-state index is 13.1. The fourth-order valence-corrected chi connectivity index (χ4v) is 4.45. The number of morpholine rings is 1. The van der Waals surface area contributed by atoms with Gasteiger partial charge in [0.05, 0.1) is 30.3 Å². The predicted molar refractivity (Wildman–Crippen MR) is 106 cm³/mol. The number of para-hydroxylation sites is 1. The van der Waals surface area contributed by atoms with Gasteiger partial charge in [-0.15, -0.1) is 0 Å². The summed E-state index contributed by atoms with van der Waals surface area (Å²) in [7, 11) is 0. The van der Waals surface area contributed by atoms with Crippen molar-refractivity contribution >= 4 is 16.9 Å². The van der Waals surface area contributed by atoms with Gasteiger partial charge in [-0.3, -0.25) is 9.69 Å². The van der Waals surface area contributed by atoms with Crippen LogP contribution in [0.15, 0.2) is 18.2 Å². The zero-order valence-corrected chi connectivity index (χ0v) is 16.4. The molecule has 1 atom stereocenters. The van der Waals surface area contributed by atoms with E-state index in [-0.39, 0.29) is 6.04 Å². The minimum Gasteiger partial charge on any atom is -0.379 e. The van der Waals surface area contributed by atoms with Crippen molar-refractivity contribution in [3.63, 3.8) is 0 Å². The Labute approximate surface area is 160 Å². The van der Waals surface area contributed by atoms with E-state index >= 15 is 0 Å². The predicted octanol–water partition coefficient (Wildman–Crippen LogP) is 2.69. The highest BCUT2D eigenvalue weighted by Crippen LogP contribution is 2.29. The van der Waals surface area contributed by atoms with Gasteiger partial charge in [0.15, 0.2) is 0 Å². The molecule has 6 nitrogen and oxygen atoms in total. The van der Waals surface area contributed by atoms with Gasteiger partial charge in [-0.2, -0.15) is 0 Å². The molecule has 0 aliphatic carbocycles. The van der Waals surface area contributed by atoms with E-state index < -0.39 is 0 Å². The maximum Gasteiger partial charge on any atom is 0.239 e. The van der Waals surface area contributed by atoms with Crippen molar-refractivity contribution < 1.29 is 9.53 Å². The smallest absolute Gasteiger partial charge is 0.239 e. The Morgan fingerprint density at radius 3 is 2.67 bits per heavy atom. The van der Waals surface area contributed by atoms with Crippen molar-refractivity contribution in [2.24, 2.45) is 0 Å². The number of carbonyl (C=O) groups is 1. The highest BCUT2D eigenvalue weighted by Gasteiger charge is 2.32. The van der Waals surface area contributed by atoms with Crippen LogP contribution in [0.2, 0.25) is 0 Å². The van der Waals surface area contributed by atoms with Gasteiger partial charge in [0.2, 0.25) is 5.91 Å². The second-order valence-corrected chi connectivity index (χ2v) is 7.77. The number of hydrogen-bond donors (Lipinski definition) is 1. The van der Waals surface area contributed by atoms with Gasteiger partial charge in [-0.05, 0) is 37.8 Å². The molecule has 6 heteroatoms. The van der Waals surface area contributed by atoms with Crippen molar-refractivity contribution in [1.82, 2.24) is 19.8 Å². The van der Waals surface area contributed by atoms with Crippen LogP contribution in [0.3, 0.4) is 0 Å². The minimum absolute atomic E-state index is 0.000648. The fraction of sp³-hybridized carbons (Fsp3) is 0.619. The number of carbonyl (C=O) groups excluding carboxylic acids is 1. The molecule has 1 unspecified atom stereocenters. The summed E-state index contributed by atoms with van der Waals surface area (Å²) in [5.41, 5.74) is 3.39. The standard InChI is InChI=1S/C21H30N4O2/c1-3-18(24-11-13-27-14-12-24)21(26)25-9-7-16(8-10-25)20-22-17-6-4-5-15(2)19(17)23-20/h4-6,16,18H,3,7-14H2,1-2H3,(H,22,23). The van der Waals surface area contributed by atoms with Gasteiger partial charge in [0.25, 0.3) is 0 Å². The molecule has 2 aliphatic rings. The lowest BCUT2D eigenvalue weighted by Crippen LogP contribution is -2.53. The average Bonchev–Trinajstić information content (AvgIpc) is 3.15. The Morgan fingerprint density at radius 1 is 1.26 bits per heavy atom. The molecule has 2 aromatic rings. The topological polar surface area (TPSA) is 61.5 Å². The van der Waals surface area contributed by atoms with Crippen molar-refractivity contribution in [2.75, 3.05) is 39.4 Å². The fourth-order valence-electron chi connectivity index (χ4n) is 4.45. The number of benzene rings is 1. The van der Waals surface area contributed by atoms with Crippen LogP contribution in [0, 0.1) is 6.92 Å². The van der Waals surface area contributed by atoms with Crippen molar-refractivity contribution in [3.05, 3.63) is 29.6 Å². The number of aryl methyl sites for hydroxylation is 1. The Balaban J connectivity index is 1.40. The molecule has 1 amide bonds. The molecule has 1 aromatic heterocycles. The summed E-state index contributed by atoms with van der Waals surface area (Å²) < 4.78 is 5.44. The molecule has 27 heavy (non-hydrogen) atoms. The van der Waals surface area contributed by atoms with Gasteiger partial charge in [-0.1, -0.05) is 19.1 Å². The van der Waals surface area contributed by atoms with Crippen molar-refractivity contribution in [1.29, 1.82) is 0 Å². The Morgan fingerprint density at radius 2 is 2.00 bits per heavy atom. The van der Waals surface area contributed by atoms with E-state index in [1.54, 1.807) is 0 Å². The van der Waals surface area contributed by atoms with Crippen LogP contribution in [0.5, 0.6) is 0 Å². The number of amides is 1. The highest BCUT2D eigenvalue weighted by atomic mass is 16.5. The van der Waals surface area contributed by atoms with Gasteiger partial charge >= 0.3 is 0 Å². The number of likely N-dealkylation sites (tertiary alicyclic amines) is 1. The summed E-state index contributed by atoms with van der Waals surface area (Å²) in [6.07, 6.45) is 2.82. The van der Waals surface area contributed by atoms with E-state index in [1.807, 2.05) is 0 Å². The molecule has 2 saturated heterocycles. The molecule has 0 radical (unpaired) electrons. The SMILES string of the molecule is CCC(C(=O)N1CCC(c2nc3c(C)cccc3[nH]2)CC1)N1CCOCC1. The van der Waals surface area contributed by atoms with Crippen LogP contribution >= 0.6 is 0 Å². The van der Waals surface area contributed by atoms with E-state index in [0.29, 0.717) is 11.8 Å². The number of aromatic amines is 1. The summed E-state index contributed by atoms with van der Waals surface area (Å²) >= 11 is 0. The van der Waals surface area contributed by atoms with E-state index in [1.165, 1.54) is 5.56 Å². The van der Waals surface area contributed by atoms with Gasteiger partial charge < -0.3 is 14.6 Å². The third kappa shape index (κ3) is 3.73. The van der Waals surface area contributed by atoms with Crippen LogP contribution in [-0.2, 0) is 9.53 Å². The molecule has 1 aromatic carbocycles. The summed E-state index contributed by atoms with van der Waals surface area (Å²) in [6.45, 7) is 9.04. The lowest BCUT2D eigenvalue weighted by molar-refractivity contribution is -0.140. The van der Waals surface area contributed by atoms with E-state index in [9.17, 15) is 4.79 Å². The number of imidazole rings is 1. The molecule has 2 fully saturated rings. The molecule has 4 rings (SSSR count). The first-order valence-electron chi connectivity index (χ1n) is 10.2. The molecular weight excluding hydrogens is 340 g/mol. The quantitative estimate of drug-likeness (QED) is 0.899. The van der Waals surface area contributed by atoms with Crippen molar-refractivity contribution in [3.8, 4) is 0 Å². The third-order valence-electron chi connectivity index (χ3n) is 6.08. The maximum absolute atomic E-state index is 13.1. The lowest BCUT2D eigenvalue weighted by atomic mass is 9.95. The average molecular weight is 370 g/mol. The summed E-state index contributed by atoms with van der Waals surface area (Å²) in [4.78, 5) is 25.8. The first kappa shape index (κ1) is 18.4. The Kier molecular flexibility index (Phi) is 5.45. The van der Waals surface area contributed by atoms with Crippen LogP contribution in [0.25, 0.3) is 11.0 Å². The normalized spacial score (nSPS) is 20.9. The third-order valence-corrected chi connectivity index (χ3v) is 6.08. The largest absolute Gasteiger partial charge is 0.379 e. The van der Waals surface area contributed by atoms with Gasteiger partial charge in [0.1, 0.15) is 5.82 Å². The number of ether oxygens (including phenoxy) is 1. The number of rotatable bonds is 4. The van der Waals surface area contributed by atoms with Crippen molar-refractivity contribution in [2.45, 2.75) is 45.1 Å². The number of hydrogen-bond acceptors (Lipinski definition) is 4. The molecule has 1 N–H and O–H groups in total. The first-order valence-corrected chi connectivity index (χ1v) is 10.2. The molecule has 0 bridgehead atoms. The number of H-pyrrole nitrogens is 1. The van der Waals surface area contributed by atoms with Gasteiger partial charge in [0, 0.05) is 32.1 Å². The number of aromatic nitrogens is 2. The number of piperidine rings is 1. The minimum atomic E-state index is -0.000648. The van der Waals surface area contributed by atoms with Crippen LogP contribution < -0.4 is 0 Å². The number of nitrogens with zero attached hydrogens (tertiary/aromatic N) is 3. The number of nitrogens with one attached hydrogen (secondary N) is 1. The molecule has 0 saturated carbocycles. The first-order chi connectivity index (χ1) is 13.2. The van der Waals surface area contributed by atoms with E-state index in [0.717, 1.165) is 75.5 Å². The van der Waals surface area contributed by atoms with E-state index in [2.05, 4.69) is 46.8 Å². The monoisotopic (exact) mass is 370 g/mol. The molecule has 146 valence electrons. The van der Waals surface area contributed by atoms with Crippen LogP contribution in [-0.4, -0.2) is 71.1 Å². The summed E-state index contributed by atoms with van der Waals surface area (Å²) in [5.74, 6) is 1.77. The lowest BCUT2D eigenvalue weighted by Gasteiger charge is -2.38. The zero-order valence-electron chi connectivity index (χ0n) is 16.4. The Hall–Kier alpha value is -1.92. The van der Waals surface area contributed by atoms with Crippen LogP contribution in [0.4, 0.5) is 0 Å². The molecule has 3 heterocycles. The summed E-state index contributed by atoms with van der Waals surface area (Å²) in [5, 5.41) is 0. The second-order valence-electron chi connectivity index (χ2n) is 7.77. The molecular formula is C21H30N4O2. The molecule has 2 aliphatic heterocycles. The Bertz CT molecular complexity index is 789. The highest BCUT2D eigenvalue weighted by molar-refractivity contribution is 5.82. The van der Waals surface area contributed by atoms with Gasteiger partial charge in [-0.25, -0.2) is 4.98 Å². The van der Waals surface area contributed by atoms with Crippen LogP contribution in [0.1, 0.15) is 43.5 Å². The second kappa shape index (κ2) is 7.98. The number of fused-ring (bicyclic) bond motifs is 1. The zero-order chi connectivity index (χ0) is 18.8.